The van der Waals surface area contributed by atoms with Crippen molar-refractivity contribution in [2.45, 2.75) is 19.8 Å². The summed E-state index contributed by atoms with van der Waals surface area (Å²) in [6, 6.07) is 6.23. The van der Waals surface area contributed by atoms with Crippen LogP contribution in [0.1, 0.15) is 17.0 Å². The molecule has 0 atom stereocenters. The van der Waals surface area contributed by atoms with Crippen molar-refractivity contribution in [3.05, 3.63) is 33.2 Å². The van der Waals surface area contributed by atoms with Crippen molar-refractivity contribution in [3.63, 3.8) is 0 Å². The summed E-state index contributed by atoms with van der Waals surface area (Å²) in [6.45, 7) is 2.07. The molecule has 90 valence electrons. The van der Waals surface area contributed by atoms with E-state index in [2.05, 4.69) is 45.2 Å². The molecule has 0 saturated carbocycles. The van der Waals surface area contributed by atoms with Gasteiger partial charge in [-0.15, -0.1) is 21.8 Å². The van der Waals surface area contributed by atoms with Gasteiger partial charge in [-0.1, -0.05) is 33.3 Å². The van der Waals surface area contributed by atoms with Gasteiger partial charge >= 0.3 is 0 Å². The lowest BCUT2D eigenvalue weighted by Gasteiger charge is -1.99. The predicted octanol–water partition coefficient (Wildman–Crippen LogP) is 4.45. The first-order valence-corrected chi connectivity index (χ1v) is 7.50. The van der Waals surface area contributed by atoms with Crippen LogP contribution in [0, 0.1) is 6.92 Å². The van der Waals surface area contributed by atoms with Gasteiger partial charge in [-0.2, -0.15) is 0 Å². The topological polar surface area (TPSA) is 25.8 Å². The maximum absolute atomic E-state index is 5.66. The number of aromatic nitrogens is 2. The highest BCUT2D eigenvalue weighted by Crippen LogP contribution is 2.27. The summed E-state index contributed by atoms with van der Waals surface area (Å²) in [5, 5.41) is 10.4. The Morgan fingerprint density at radius 3 is 2.88 bits per heavy atom. The highest BCUT2D eigenvalue weighted by atomic mass is 79.9. The van der Waals surface area contributed by atoms with E-state index in [1.54, 1.807) is 11.3 Å². The molecule has 0 aliphatic heterocycles. The van der Waals surface area contributed by atoms with Crippen LogP contribution in [-0.2, 0) is 6.42 Å². The molecule has 0 fully saturated rings. The lowest BCUT2D eigenvalue weighted by Crippen LogP contribution is -1.84. The minimum Gasteiger partial charge on any atom is -0.143 e. The summed E-state index contributed by atoms with van der Waals surface area (Å²) < 4.78 is 1.12. The van der Waals surface area contributed by atoms with Crippen LogP contribution in [0.3, 0.4) is 0 Å². The summed E-state index contributed by atoms with van der Waals surface area (Å²) in [5.74, 6) is 0.673. The molecule has 2 rings (SSSR count). The van der Waals surface area contributed by atoms with Crippen molar-refractivity contribution >= 4 is 38.9 Å². The number of hydrogen-bond acceptors (Lipinski definition) is 3. The van der Waals surface area contributed by atoms with Crippen molar-refractivity contribution in [2.75, 3.05) is 5.88 Å². The molecule has 0 bridgehead atoms. The number of aryl methyl sites for hydroxylation is 2. The first-order valence-electron chi connectivity index (χ1n) is 5.35. The van der Waals surface area contributed by atoms with Crippen molar-refractivity contribution < 1.29 is 0 Å². The molecule has 2 nitrogen and oxygen atoms in total. The maximum atomic E-state index is 5.66. The van der Waals surface area contributed by atoms with E-state index in [0.29, 0.717) is 5.88 Å². The zero-order valence-corrected chi connectivity index (χ0v) is 12.6. The third-order valence-corrected chi connectivity index (χ3v) is 4.59. The average molecular weight is 332 g/mol. The molecule has 1 aromatic heterocycles. The monoisotopic (exact) mass is 330 g/mol. The Morgan fingerprint density at radius 2 is 2.18 bits per heavy atom. The Bertz CT molecular complexity index is 513. The Hall–Kier alpha value is -0.450. The van der Waals surface area contributed by atoms with Crippen LogP contribution in [0.25, 0.3) is 10.6 Å². The van der Waals surface area contributed by atoms with Crippen LogP contribution >= 0.6 is 38.9 Å². The van der Waals surface area contributed by atoms with Gasteiger partial charge in [-0.25, -0.2) is 0 Å². The molecule has 1 heterocycles. The van der Waals surface area contributed by atoms with Crippen LogP contribution in [0.4, 0.5) is 0 Å². The van der Waals surface area contributed by atoms with Gasteiger partial charge in [0.15, 0.2) is 0 Å². The Kier molecular flexibility index (Phi) is 4.54. The number of nitrogens with zero attached hydrogens (tertiary/aromatic N) is 2. The molecule has 2 aromatic rings. The highest BCUT2D eigenvalue weighted by Gasteiger charge is 2.07. The van der Waals surface area contributed by atoms with E-state index in [1.165, 1.54) is 5.56 Å². The van der Waals surface area contributed by atoms with E-state index in [1.807, 2.05) is 6.07 Å². The van der Waals surface area contributed by atoms with Gasteiger partial charge < -0.3 is 0 Å². The highest BCUT2D eigenvalue weighted by molar-refractivity contribution is 9.10. The fraction of sp³-hybridized carbons (Fsp3) is 0.333. The molecule has 0 saturated heterocycles. The van der Waals surface area contributed by atoms with Crippen LogP contribution in [0.5, 0.6) is 0 Å². The van der Waals surface area contributed by atoms with Gasteiger partial charge in [0, 0.05) is 22.3 Å². The molecule has 0 unspecified atom stereocenters. The number of rotatable bonds is 4. The van der Waals surface area contributed by atoms with Crippen LogP contribution < -0.4 is 0 Å². The predicted molar refractivity (Wildman–Crippen MR) is 76.8 cm³/mol. The SMILES string of the molecule is Cc1cc(-c2nnc(CCCCl)s2)ccc1Br. The van der Waals surface area contributed by atoms with Gasteiger partial charge in [0.25, 0.3) is 0 Å². The second-order valence-electron chi connectivity index (χ2n) is 3.76. The smallest absolute Gasteiger partial charge is 0.143 e. The number of benzene rings is 1. The molecule has 0 N–H and O–H groups in total. The Balaban J connectivity index is 2.21. The van der Waals surface area contributed by atoms with Gasteiger partial charge in [0.2, 0.25) is 0 Å². The molecule has 5 heteroatoms. The normalized spacial score (nSPS) is 10.8. The molecule has 0 spiro atoms. The second-order valence-corrected chi connectivity index (χ2v) is 6.05. The molecular weight excluding hydrogens is 320 g/mol. The molecule has 0 aliphatic rings. The molecule has 0 amide bonds. The maximum Gasteiger partial charge on any atom is 0.147 e. The summed E-state index contributed by atoms with van der Waals surface area (Å²) in [4.78, 5) is 0. The summed E-state index contributed by atoms with van der Waals surface area (Å²) in [6.07, 6.45) is 1.87. The van der Waals surface area contributed by atoms with Gasteiger partial charge in [0.05, 0.1) is 0 Å². The quantitative estimate of drug-likeness (QED) is 0.774. The third kappa shape index (κ3) is 3.27. The van der Waals surface area contributed by atoms with Crippen LogP contribution in [0.2, 0.25) is 0 Å². The van der Waals surface area contributed by atoms with E-state index in [0.717, 1.165) is 32.9 Å². The fourth-order valence-corrected chi connectivity index (χ4v) is 2.73. The molecule has 0 radical (unpaired) electrons. The second kappa shape index (κ2) is 5.94. The van der Waals surface area contributed by atoms with E-state index in [-0.39, 0.29) is 0 Å². The van der Waals surface area contributed by atoms with Crippen molar-refractivity contribution in [1.29, 1.82) is 0 Å². The zero-order chi connectivity index (χ0) is 12.3. The molecule has 0 aliphatic carbocycles. The lowest BCUT2D eigenvalue weighted by molar-refractivity contribution is 0.884. The number of halogens is 2. The third-order valence-electron chi connectivity index (χ3n) is 2.40. The van der Waals surface area contributed by atoms with Gasteiger partial charge in [0.1, 0.15) is 10.0 Å². The van der Waals surface area contributed by atoms with E-state index in [9.17, 15) is 0 Å². The zero-order valence-electron chi connectivity index (χ0n) is 9.41. The van der Waals surface area contributed by atoms with Crippen LogP contribution in [0.15, 0.2) is 22.7 Å². The van der Waals surface area contributed by atoms with E-state index in [4.69, 9.17) is 11.6 Å². The summed E-state index contributed by atoms with van der Waals surface area (Å²) in [7, 11) is 0. The van der Waals surface area contributed by atoms with Crippen molar-refractivity contribution in [1.82, 2.24) is 10.2 Å². The standard InChI is InChI=1S/C12H12BrClN2S/c1-8-7-9(4-5-10(8)13)12-16-15-11(17-12)3-2-6-14/h4-5,7H,2-3,6H2,1H3. The first kappa shape index (κ1) is 13.0. The minimum atomic E-state index is 0.673. The minimum absolute atomic E-state index is 0.673. The van der Waals surface area contributed by atoms with Gasteiger partial charge in [-0.3, -0.25) is 0 Å². The fourth-order valence-electron chi connectivity index (χ4n) is 1.47. The average Bonchev–Trinajstić information content (AvgIpc) is 2.79. The Morgan fingerprint density at radius 1 is 1.35 bits per heavy atom. The van der Waals surface area contributed by atoms with Crippen molar-refractivity contribution in [2.24, 2.45) is 0 Å². The van der Waals surface area contributed by atoms with Gasteiger partial charge in [-0.05, 0) is 31.0 Å². The summed E-state index contributed by atoms with van der Waals surface area (Å²) >= 11 is 10.8. The number of alkyl halides is 1. The van der Waals surface area contributed by atoms with Crippen molar-refractivity contribution in [3.8, 4) is 10.6 Å². The summed E-state index contributed by atoms with van der Waals surface area (Å²) in [5.41, 5.74) is 2.33. The Labute approximate surface area is 118 Å². The van der Waals surface area contributed by atoms with E-state index >= 15 is 0 Å². The largest absolute Gasteiger partial charge is 0.147 e. The molecule has 1 aromatic carbocycles. The van der Waals surface area contributed by atoms with E-state index < -0.39 is 0 Å². The molecular formula is C12H12BrClN2S. The van der Waals surface area contributed by atoms with Crippen LogP contribution in [-0.4, -0.2) is 16.1 Å². The number of hydrogen-bond donors (Lipinski definition) is 0. The molecule has 17 heavy (non-hydrogen) atoms. The first-order chi connectivity index (χ1) is 8.20. The lowest BCUT2D eigenvalue weighted by atomic mass is 10.1.